The largest absolute Gasteiger partial charge is 0.296 e. The smallest absolute Gasteiger partial charge is 0.168 e. The third-order valence-corrected chi connectivity index (χ3v) is 6.59. The van der Waals surface area contributed by atoms with Crippen LogP contribution in [0.2, 0.25) is 0 Å². The van der Waals surface area contributed by atoms with Crippen LogP contribution in [0.1, 0.15) is 20.8 Å². The normalized spacial score (nSPS) is 13.6. The highest BCUT2D eigenvalue weighted by atomic mass is 79.9. The van der Waals surface area contributed by atoms with Crippen molar-refractivity contribution in [3.8, 4) is 0 Å². The molecule has 3 heteroatoms. The standard InChI is InChI=1S/C23H16Br2O/c24-21(19-11-9-15-5-1-3-7-17(15)13-19)23(26)22(25)20-12-10-16-6-2-4-8-18(16)14-20/h1-14,21-22H. The molecule has 128 valence electrons. The third-order valence-electron chi connectivity index (χ3n) is 4.63. The molecule has 4 rings (SSSR count). The van der Waals surface area contributed by atoms with Crippen molar-refractivity contribution in [3.05, 3.63) is 96.1 Å². The number of Topliss-reactive ketones (excluding diaryl/α,β-unsaturated/α-hetero) is 1. The number of ketones is 1. The van der Waals surface area contributed by atoms with Gasteiger partial charge >= 0.3 is 0 Å². The second-order valence-electron chi connectivity index (χ2n) is 6.34. The maximum absolute atomic E-state index is 13.0. The van der Waals surface area contributed by atoms with Crippen molar-refractivity contribution >= 4 is 59.2 Å². The van der Waals surface area contributed by atoms with E-state index in [4.69, 9.17) is 0 Å². The second-order valence-corrected chi connectivity index (χ2v) is 8.17. The lowest BCUT2D eigenvalue weighted by Crippen LogP contribution is -2.12. The Kier molecular flexibility index (Phi) is 4.92. The summed E-state index contributed by atoms with van der Waals surface area (Å²) in [6.45, 7) is 0. The summed E-state index contributed by atoms with van der Waals surface area (Å²) in [6, 6.07) is 28.7. The van der Waals surface area contributed by atoms with Crippen LogP contribution in [0.15, 0.2) is 84.9 Å². The predicted molar refractivity (Wildman–Crippen MR) is 116 cm³/mol. The van der Waals surface area contributed by atoms with Gasteiger partial charge in [0.05, 0.1) is 9.65 Å². The highest BCUT2D eigenvalue weighted by molar-refractivity contribution is 9.10. The van der Waals surface area contributed by atoms with Crippen LogP contribution >= 0.6 is 31.9 Å². The van der Waals surface area contributed by atoms with Gasteiger partial charge in [0.2, 0.25) is 0 Å². The van der Waals surface area contributed by atoms with Crippen molar-refractivity contribution in [1.29, 1.82) is 0 Å². The molecule has 0 N–H and O–H groups in total. The average molecular weight is 468 g/mol. The highest BCUT2D eigenvalue weighted by Crippen LogP contribution is 2.36. The summed E-state index contributed by atoms with van der Waals surface area (Å²) < 4.78 is 0. The number of fused-ring (bicyclic) bond motifs is 2. The molecule has 0 bridgehead atoms. The minimum absolute atomic E-state index is 0.0931. The summed E-state index contributed by atoms with van der Waals surface area (Å²) in [6.07, 6.45) is 0. The van der Waals surface area contributed by atoms with Crippen LogP contribution < -0.4 is 0 Å². The molecule has 4 aromatic carbocycles. The summed E-state index contributed by atoms with van der Waals surface area (Å²) in [5.74, 6) is 0.0931. The number of benzene rings is 4. The first-order valence-corrected chi connectivity index (χ1v) is 10.3. The minimum Gasteiger partial charge on any atom is -0.296 e. The van der Waals surface area contributed by atoms with E-state index in [1.54, 1.807) is 0 Å². The van der Waals surface area contributed by atoms with E-state index in [9.17, 15) is 4.79 Å². The van der Waals surface area contributed by atoms with Gasteiger partial charge in [-0.15, -0.1) is 0 Å². The average Bonchev–Trinajstić information content (AvgIpc) is 2.71. The Labute approximate surface area is 169 Å². The maximum Gasteiger partial charge on any atom is 0.168 e. The molecule has 1 nitrogen and oxygen atoms in total. The lowest BCUT2D eigenvalue weighted by Gasteiger charge is -2.16. The van der Waals surface area contributed by atoms with E-state index >= 15 is 0 Å². The molecule has 0 aliphatic carbocycles. The predicted octanol–water partition coefficient (Wildman–Crippen LogP) is 7.13. The second kappa shape index (κ2) is 7.34. The molecule has 0 radical (unpaired) electrons. The number of alkyl halides is 2. The molecule has 2 atom stereocenters. The number of carbonyl (C=O) groups excluding carboxylic acids is 1. The molecular weight excluding hydrogens is 452 g/mol. The number of hydrogen-bond acceptors (Lipinski definition) is 1. The van der Waals surface area contributed by atoms with Gasteiger partial charge in [-0.2, -0.15) is 0 Å². The fourth-order valence-corrected chi connectivity index (χ4v) is 4.64. The Hall–Kier alpha value is -1.97. The molecule has 0 aromatic heterocycles. The molecule has 0 aliphatic heterocycles. The SMILES string of the molecule is O=C(C(Br)c1ccc2ccccc2c1)C(Br)c1ccc2ccccc2c1. The van der Waals surface area contributed by atoms with Gasteiger partial charge in [0.25, 0.3) is 0 Å². The number of halogens is 2. The Morgan fingerprint density at radius 2 is 0.962 bits per heavy atom. The van der Waals surface area contributed by atoms with E-state index in [0.717, 1.165) is 21.9 Å². The number of hydrogen-bond donors (Lipinski definition) is 0. The van der Waals surface area contributed by atoms with E-state index in [0.29, 0.717) is 0 Å². The quantitative estimate of drug-likeness (QED) is 0.291. The third kappa shape index (κ3) is 3.34. The van der Waals surface area contributed by atoms with Gasteiger partial charge in [0, 0.05) is 0 Å². The lowest BCUT2D eigenvalue weighted by atomic mass is 9.98. The van der Waals surface area contributed by atoms with Crippen LogP contribution in [0.25, 0.3) is 21.5 Å². The molecule has 26 heavy (non-hydrogen) atoms. The van der Waals surface area contributed by atoms with Crippen LogP contribution in [0.3, 0.4) is 0 Å². The summed E-state index contributed by atoms with van der Waals surface area (Å²) >= 11 is 7.21. The van der Waals surface area contributed by atoms with Gasteiger partial charge in [-0.3, -0.25) is 4.79 Å². The lowest BCUT2D eigenvalue weighted by molar-refractivity contribution is -0.118. The molecule has 0 saturated heterocycles. The molecule has 0 heterocycles. The van der Waals surface area contributed by atoms with Crippen LogP contribution in [-0.4, -0.2) is 5.78 Å². The topological polar surface area (TPSA) is 17.1 Å². The fourth-order valence-electron chi connectivity index (χ4n) is 3.19. The van der Waals surface area contributed by atoms with Crippen molar-refractivity contribution in [2.75, 3.05) is 0 Å². The van der Waals surface area contributed by atoms with Crippen LogP contribution in [0.5, 0.6) is 0 Å². The van der Waals surface area contributed by atoms with Gasteiger partial charge in [-0.1, -0.05) is 105 Å². The monoisotopic (exact) mass is 466 g/mol. The summed E-state index contributed by atoms with van der Waals surface area (Å²) in [5, 5.41) is 4.62. The maximum atomic E-state index is 13.0. The van der Waals surface area contributed by atoms with E-state index in [-0.39, 0.29) is 15.4 Å². The zero-order chi connectivity index (χ0) is 18.1. The van der Waals surface area contributed by atoms with Crippen LogP contribution in [0, 0.1) is 0 Å². The number of carbonyl (C=O) groups is 1. The molecule has 0 spiro atoms. The summed E-state index contributed by atoms with van der Waals surface area (Å²) in [5.41, 5.74) is 1.94. The Balaban J connectivity index is 1.63. The first-order valence-electron chi connectivity index (χ1n) is 8.43. The van der Waals surface area contributed by atoms with Gasteiger partial charge < -0.3 is 0 Å². The molecule has 2 unspecified atom stereocenters. The summed E-state index contributed by atoms with van der Waals surface area (Å²) in [7, 11) is 0. The van der Waals surface area contributed by atoms with Crippen molar-refractivity contribution in [3.63, 3.8) is 0 Å². The molecule has 0 amide bonds. The molecule has 4 aromatic rings. The zero-order valence-electron chi connectivity index (χ0n) is 13.9. The van der Waals surface area contributed by atoms with E-state index < -0.39 is 0 Å². The Morgan fingerprint density at radius 1 is 0.577 bits per heavy atom. The first kappa shape index (κ1) is 17.4. The zero-order valence-corrected chi connectivity index (χ0v) is 17.1. The van der Waals surface area contributed by atoms with Gasteiger partial charge in [0.1, 0.15) is 0 Å². The van der Waals surface area contributed by atoms with E-state index in [1.807, 2.05) is 36.4 Å². The van der Waals surface area contributed by atoms with Gasteiger partial charge in [-0.05, 0) is 44.8 Å². The van der Waals surface area contributed by atoms with Crippen molar-refractivity contribution < 1.29 is 4.79 Å². The highest BCUT2D eigenvalue weighted by Gasteiger charge is 2.26. The minimum atomic E-state index is -0.358. The van der Waals surface area contributed by atoms with Crippen molar-refractivity contribution in [2.24, 2.45) is 0 Å². The fraction of sp³-hybridized carbons (Fsp3) is 0.0870. The molecular formula is C23H16Br2O. The van der Waals surface area contributed by atoms with Crippen LogP contribution in [0.4, 0.5) is 0 Å². The molecule has 0 saturated carbocycles. The number of rotatable bonds is 4. The van der Waals surface area contributed by atoms with E-state index in [2.05, 4.69) is 80.4 Å². The molecule has 0 aliphatic rings. The first-order chi connectivity index (χ1) is 12.6. The van der Waals surface area contributed by atoms with Crippen LogP contribution in [-0.2, 0) is 4.79 Å². The molecule has 0 fully saturated rings. The van der Waals surface area contributed by atoms with Crippen molar-refractivity contribution in [1.82, 2.24) is 0 Å². The van der Waals surface area contributed by atoms with E-state index in [1.165, 1.54) is 10.8 Å². The van der Waals surface area contributed by atoms with Gasteiger partial charge in [0.15, 0.2) is 5.78 Å². The van der Waals surface area contributed by atoms with Gasteiger partial charge in [-0.25, -0.2) is 0 Å². The summed E-state index contributed by atoms with van der Waals surface area (Å²) in [4.78, 5) is 12.3. The Morgan fingerprint density at radius 3 is 1.38 bits per heavy atom. The van der Waals surface area contributed by atoms with Crippen molar-refractivity contribution in [2.45, 2.75) is 9.65 Å². The Bertz CT molecular complexity index is 1020.